The highest BCUT2D eigenvalue weighted by molar-refractivity contribution is 5.82. The van der Waals surface area contributed by atoms with E-state index in [-0.39, 0.29) is 0 Å². The maximum Gasteiger partial charge on any atom is 0.292 e. The molecule has 0 amide bonds. The smallest absolute Gasteiger partial charge is 0.292 e. The summed E-state index contributed by atoms with van der Waals surface area (Å²) in [5, 5.41) is 8.81. The summed E-state index contributed by atoms with van der Waals surface area (Å²) in [7, 11) is 0. The van der Waals surface area contributed by atoms with E-state index in [1.165, 1.54) is 0 Å². The molecule has 0 aliphatic rings. The molecule has 0 atom stereocenters. The van der Waals surface area contributed by atoms with Crippen molar-refractivity contribution in [2.45, 2.75) is 0 Å². The largest absolute Gasteiger partial charge is 0.388 e. The lowest BCUT2D eigenvalue weighted by Crippen LogP contribution is -2.10. The molecule has 0 heterocycles. The number of para-hydroxylation sites is 2. The normalized spacial score (nSPS) is 10.5. The first-order chi connectivity index (χ1) is 27.7. The summed E-state index contributed by atoms with van der Waals surface area (Å²) in [4.78, 5) is 18.8. The number of benzene rings is 8. The zero-order chi connectivity index (χ0) is 38.1. The Morgan fingerprint density at radius 1 is 0.375 bits per heavy atom. The third-order valence-corrected chi connectivity index (χ3v) is 9.59. The maximum absolute atomic E-state index is 10.6. The van der Waals surface area contributed by atoms with Crippen molar-refractivity contribution in [3.8, 4) is 45.4 Å². The first kappa shape index (κ1) is 35.1. The SMILES string of the molecule is N#COc1ccc(-c2ccc(N(c3ccccc3)c3ccc(-c4ccc(N(c5ccccc5)c5ccc(-c6ccc(N=C=O)cc6)cc5)cc4)cc3)cc2)cc1. The summed E-state index contributed by atoms with van der Waals surface area (Å²) in [5.41, 5.74) is 13.3. The molecule has 56 heavy (non-hydrogen) atoms. The standard InChI is InChI=1S/C50H34N4O2/c51-35-56-50-33-21-42(22-34-50)41-19-31-49(32-20-41)54(45-9-5-2-6-10-45)48-29-17-40(18-30-48)39-15-27-47(28-16-39)53(44-7-3-1-4-8-44)46-25-13-38(14-26-46)37-11-23-43(24-12-37)52-36-55/h1-34H. The van der Waals surface area contributed by atoms with E-state index >= 15 is 0 Å². The molecule has 6 nitrogen and oxygen atoms in total. The summed E-state index contributed by atoms with van der Waals surface area (Å²) in [6, 6.07) is 70.1. The Bertz CT molecular complexity index is 2610. The van der Waals surface area contributed by atoms with Gasteiger partial charge in [-0.15, -0.1) is 5.26 Å². The number of carbonyl (C=O) groups excluding carboxylic acids is 1. The van der Waals surface area contributed by atoms with Crippen molar-refractivity contribution in [1.82, 2.24) is 0 Å². The summed E-state index contributed by atoms with van der Waals surface area (Å²) < 4.78 is 4.94. The van der Waals surface area contributed by atoms with Crippen molar-refractivity contribution >= 4 is 45.9 Å². The van der Waals surface area contributed by atoms with Gasteiger partial charge in [0.2, 0.25) is 6.08 Å². The van der Waals surface area contributed by atoms with E-state index < -0.39 is 0 Å². The number of nitrogens with zero attached hydrogens (tertiary/aromatic N) is 4. The van der Waals surface area contributed by atoms with Crippen molar-refractivity contribution in [2.75, 3.05) is 9.80 Å². The predicted molar refractivity (Wildman–Crippen MR) is 226 cm³/mol. The summed E-state index contributed by atoms with van der Waals surface area (Å²) in [6.07, 6.45) is 3.31. The summed E-state index contributed by atoms with van der Waals surface area (Å²) >= 11 is 0. The predicted octanol–water partition coefficient (Wildman–Crippen LogP) is 13.5. The van der Waals surface area contributed by atoms with Gasteiger partial charge in [0.1, 0.15) is 5.75 Å². The van der Waals surface area contributed by atoms with Crippen LogP contribution in [0.2, 0.25) is 0 Å². The zero-order valence-electron chi connectivity index (χ0n) is 30.2. The highest BCUT2D eigenvalue weighted by Gasteiger charge is 2.15. The van der Waals surface area contributed by atoms with Crippen LogP contribution < -0.4 is 14.5 Å². The number of rotatable bonds is 11. The van der Waals surface area contributed by atoms with Crippen LogP contribution in [0.3, 0.4) is 0 Å². The second-order valence-electron chi connectivity index (χ2n) is 13.0. The van der Waals surface area contributed by atoms with Gasteiger partial charge in [-0.1, -0.05) is 109 Å². The maximum atomic E-state index is 10.6. The number of ether oxygens (including phenoxy) is 1. The number of hydrogen-bond acceptors (Lipinski definition) is 6. The quantitative estimate of drug-likeness (QED) is 0.0755. The molecular formula is C50H34N4O2. The van der Waals surface area contributed by atoms with Crippen LogP contribution in [0.1, 0.15) is 0 Å². The van der Waals surface area contributed by atoms with Gasteiger partial charge < -0.3 is 14.5 Å². The number of isocyanates is 1. The minimum absolute atomic E-state index is 0.521. The van der Waals surface area contributed by atoms with Gasteiger partial charge in [-0.05, 0) is 130 Å². The molecule has 8 rings (SSSR count). The molecule has 0 bridgehead atoms. The summed E-state index contributed by atoms with van der Waals surface area (Å²) in [6.45, 7) is 0. The van der Waals surface area contributed by atoms with E-state index in [9.17, 15) is 4.79 Å². The van der Waals surface area contributed by atoms with Crippen LogP contribution in [0, 0.1) is 11.5 Å². The Kier molecular flexibility index (Phi) is 10.3. The fourth-order valence-corrected chi connectivity index (χ4v) is 6.81. The van der Waals surface area contributed by atoms with E-state index in [4.69, 9.17) is 10.00 Å². The molecule has 0 saturated heterocycles. The van der Waals surface area contributed by atoms with Gasteiger partial charge in [0.15, 0.2) is 0 Å². The number of anilines is 6. The lowest BCUT2D eigenvalue weighted by Gasteiger charge is -2.26. The third kappa shape index (κ3) is 7.71. The second-order valence-corrected chi connectivity index (χ2v) is 13.0. The average Bonchev–Trinajstić information content (AvgIpc) is 3.27. The Balaban J connectivity index is 1.05. The monoisotopic (exact) mass is 722 g/mol. The number of nitriles is 1. The van der Waals surface area contributed by atoms with Crippen LogP contribution in [0.4, 0.5) is 39.8 Å². The summed E-state index contributed by atoms with van der Waals surface area (Å²) in [5.74, 6) is 0.521. The van der Waals surface area contributed by atoms with Gasteiger partial charge in [-0.3, -0.25) is 0 Å². The minimum atomic E-state index is 0.521. The molecule has 0 saturated carbocycles. The Morgan fingerprint density at radius 3 is 0.964 bits per heavy atom. The first-order valence-corrected chi connectivity index (χ1v) is 18.1. The molecule has 0 spiro atoms. The fraction of sp³-hybridized carbons (Fsp3) is 0. The van der Waals surface area contributed by atoms with Gasteiger partial charge in [0.25, 0.3) is 6.26 Å². The third-order valence-electron chi connectivity index (χ3n) is 9.59. The number of hydrogen-bond donors (Lipinski definition) is 0. The lowest BCUT2D eigenvalue weighted by molar-refractivity contribution is 0.507. The van der Waals surface area contributed by atoms with Crippen molar-refractivity contribution in [3.05, 3.63) is 206 Å². The lowest BCUT2D eigenvalue weighted by atomic mass is 10.0. The molecule has 0 aliphatic heterocycles. The van der Waals surface area contributed by atoms with Gasteiger partial charge in [-0.25, -0.2) is 4.79 Å². The van der Waals surface area contributed by atoms with Gasteiger partial charge in [-0.2, -0.15) is 4.99 Å². The Hall–Kier alpha value is -7.97. The molecule has 0 N–H and O–H groups in total. The minimum Gasteiger partial charge on any atom is -0.388 e. The van der Waals surface area contributed by atoms with Crippen LogP contribution in [-0.4, -0.2) is 6.08 Å². The average molecular weight is 723 g/mol. The highest BCUT2D eigenvalue weighted by Crippen LogP contribution is 2.39. The van der Waals surface area contributed by atoms with Gasteiger partial charge >= 0.3 is 0 Å². The van der Waals surface area contributed by atoms with Crippen LogP contribution in [0.15, 0.2) is 211 Å². The Morgan fingerprint density at radius 2 is 0.661 bits per heavy atom. The van der Waals surface area contributed by atoms with Crippen molar-refractivity contribution in [1.29, 1.82) is 5.26 Å². The topological polar surface area (TPSA) is 68.9 Å². The second kappa shape index (κ2) is 16.4. The van der Waals surface area contributed by atoms with E-state index in [0.29, 0.717) is 11.4 Å². The van der Waals surface area contributed by atoms with E-state index in [1.54, 1.807) is 24.5 Å². The molecule has 8 aromatic rings. The van der Waals surface area contributed by atoms with E-state index in [0.717, 1.165) is 67.5 Å². The van der Waals surface area contributed by atoms with E-state index in [1.807, 2.05) is 48.5 Å². The van der Waals surface area contributed by atoms with Gasteiger partial charge in [0.05, 0.1) is 5.69 Å². The first-order valence-electron chi connectivity index (χ1n) is 18.1. The molecule has 0 aromatic heterocycles. The van der Waals surface area contributed by atoms with Gasteiger partial charge in [0, 0.05) is 34.1 Å². The molecule has 266 valence electrons. The van der Waals surface area contributed by atoms with Crippen molar-refractivity contribution in [3.63, 3.8) is 0 Å². The van der Waals surface area contributed by atoms with Crippen LogP contribution >= 0.6 is 0 Å². The van der Waals surface area contributed by atoms with E-state index in [2.05, 4.69) is 160 Å². The van der Waals surface area contributed by atoms with Crippen LogP contribution in [0.5, 0.6) is 5.75 Å². The molecule has 6 heteroatoms. The Labute approximate surface area is 326 Å². The molecule has 0 fully saturated rings. The molecule has 0 aliphatic carbocycles. The van der Waals surface area contributed by atoms with Crippen molar-refractivity contribution in [2.24, 2.45) is 4.99 Å². The molecular weight excluding hydrogens is 689 g/mol. The van der Waals surface area contributed by atoms with Crippen LogP contribution in [0.25, 0.3) is 33.4 Å². The molecule has 0 unspecified atom stereocenters. The van der Waals surface area contributed by atoms with Crippen molar-refractivity contribution < 1.29 is 9.53 Å². The van der Waals surface area contributed by atoms with Crippen LogP contribution in [-0.2, 0) is 4.79 Å². The zero-order valence-corrected chi connectivity index (χ0v) is 30.2. The number of aliphatic imine (C=N–C) groups is 1. The molecule has 0 radical (unpaired) electrons. The fourth-order valence-electron chi connectivity index (χ4n) is 6.81. The molecule has 8 aromatic carbocycles. The highest BCUT2D eigenvalue weighted by atomic mass is 16.5.